The van der Waals surface area contributed by atoms with Crippen molar-refractivity contribution in [2.24, 2.45) is 0 Å². The number of ether oxygens (including phenoxy) is 2. The normalized spacial score (nSPS) is 16.5. The highest BCUT2D eigenvalue weighted by molar-refractivity contribution is 5.76. The summed E-state index contributed by atoms with van der Waals surface area (Å²) in [4.78, 5) is 9.81. The van der Waals surface area contributed by atoms with Gasteiger partial charge >= 0.3 is 42.5 Å². The molecule has 0 saturated carbocycles. The molecule has 4 nitrogen and oxygen atoms in total. The Morgan fingerprint density at radius 2 is 1.08 bits per heavy atom. The molecule has 0 rings (SSSR count). The summed E-state index contributed by atoms with van der Waals surface area (Å²) < 4.78 is 177. The van der Waals surface area contributed by atoms with Gasteiger partial charge in [0.1, 0.15) is 0 Å². The largest absolute Gasteiger partial charge is 0.527 e. The fourth-order valence-corrected chi connectivity index (χ4v) is 0.985. The van der Waals surface area contributed by atoms with Gasteiger partial charge in [-0.2, -0.15) is 43.9 Å². The summed E-state index contributed by atoms with van der Waals surface area (Å²) in [5, 5.41) is 7.71. The molecule has 0 amide bonds. The Bertz CT molecular complexity index is 526. The van der Waals surface area contributed by atoms with E-state index < -0.39 is 48.7 Å². The van der Waals surface area contributed by atoms with Crippen LogP contribution in [0.1, 0.15) is 0 Å². The molecule has 0 bridgehead atoms. The SMILES string of the molecule is O=C(O)C(F)(F)C(F)C(F)(F)OC(F)(F)C(F)(F)C(F)(F)OC(F)(F)F. The van der Waals surface area contributed by atoms with Crippen LogP contribution in [0.3, 0.4) is 0 Å². The molecule has 1 unspecified atom stereocenters. The number of rotatable bonds is 8. The first-order chi connectivity index (χ1) is 11.0. The van der Waals surface area contributed by atoms with Crippen LogP contribution in [0.5, 0.6) is 0 Å². The molecule has 18 heteroatoms. The quantitative estimate of drug-likeness (QED) is 0.594. The first-order valence-electron chi connectivity index (χ1n) is 5.25. The topological polar surface area (TPSA) is 55.8 Å². The zero-order chi connectivity index (χ0) is 21.6. The summed E-state index contributed by atoms with van der Waals surface area (Å²) in [6, 6.07) is 0. The number of halogens is 14. The van der Waals surface area contributed by atoms with Gasteiger partial charge in [-0.3, -0.25) is 0 Å². The molecule has 0 fully saturated rings. The third-order valence-electron chi connectivity index (χ3n) is 2.14. The van der Waals surface area contributed by atoms with Crippen molar-refractivity contribution >= 4 is 5.97 Å². The van der Waals surface area contributed by atoms with E-state index in [0.29, 0.717) is 0 Å². The van der Waals surface area contributed by atoms with Crippen LogP contribution in [0.25, 0.3) is 0 Å². The van der Waals surface area contributed by atoms with Gasteiger partial charge in [-0.05, 0) is 0 Å². The van der Waals surface area contributed by atoms with Crippen LogP contribution >= 0.6 is 0 Å². The number of carboxylic acids is 1. The van der Waals surface area contributed by atoms with E-state index in [-0.39, 0.29) is 0 Å². The van der Waals surface area contributed by atoms with E-state index in [2.05, 4.69) is 0 Å². The lowest BCUT2D eigenvalue weighted by atomic mass is 10.2. The van der Waals surface area contributed by atoms with Crippen molar-refractivity contribution in [1.29, 1.82) is 0 Å². The van der Waals surface area contributed by atoms with Gasteiger partial charge < -0.3 is 5.11 Å². The summed E-state index contributed by atoms with van der Waals surface area (Å²) in [7, 11) is 0. The van der Waals surface area contributed by atoms with Crippen LogP contribution in [-0.2, 0) is 14.3 Å². The summed E-state index contributed by atoms with van der Waals surface area (Å²) in [6.07, 6.45) is -34.0. The Kier molecular flexibility index (Phi) is 6.14. The van der Waals surface area contributed by atoms with Crippen LogP contribution in [0.15, 0.2) is 0 Å². The minimum atomic E-state index is -7.61. The first-order valence-corrected chi connectivity index (χ1v) is 5.25. The lowest BCUT2D eigenvalue weighted by Crippen LogP contribution is -2.62. The second kappa shape index (κ2) is 6.54. The molecule has 0 radical (unpaired) electrons. The first kappa shape index (κ1) is 24.4. The second-order valence-electron chi connectivity index (χ2n) is 4.11. The van der Waals surface area contributed by atoms with Crippen LogP contribution < -0.4 is 0 Å². The zero-order valence-corrected chi connectivity index (χ0v) is 11.0. The molecular weight excluding hydrogens is 426 g/mol. The van der Waals surface area contributed by atoms with Crippen molar-refractivity contribution in [3.05, 3.63) is 0 Å². The van der Waals surface area contributed by atoms with Gasteiger partial charge in [0.15, 0.2) is 0 Å². The predicted octanol–water partition coefficient (Wildman–Crippen LogP) is 4.01. The van der Waals surface area contributed by atoms with E-state index in [0.717, 1.165) is 0 Å². The molecule has 0 aromatic rings. The van der Waals surface area contributed by atoms with Crippen LogP contribution in [0, 0.1) is 0 Å². The van der Waals surface area contributed by atoms with Crippen molar-refractivity contribution in [2.45, 2.75) is 42.7 Å². The van der Waals surface area contributed by atoms with Gasteiger partial charge in [-0.15, -0.1) is 13.2 Å². The van der Waals surface area contributed by atoms with Gasteiger partial charge in [0.25, 0.3) is 6.17 Å². The molecule has 26 heavy (non-hydrogen) atoms. The number of hydrogen-bond acceptors (Lipinski definition) is 3. The Labute approximate surface area is 131 Å². The van der Waals surface area contributed by atoms with Crippen molar-refractivity contribution < 1.29 is 80.8 Å². The summed E-state index contributed by atoms with van der Waals surface area (Å²) in [5.41, 5.74) is 0. The Hall–Kier alpha value is -1.59. The lowest BCUT2D eigenvalue weighted by Gasteiger charge is -2.34. The molecule has 0 aliphatic heterocycles. The number of carbonyl (C=O) groups is 1. The van der Waals surface area contributed by atoms with Gasteiger partial charge in [-0.1, -0.05) is 0 Å². The molecule has 0 spiro atoms. The number of alkyl halides is 14. The average molecular weight is 428 g/mol. The molecule has 0 aliphatic carbocycles. The van der Waals surface area contributed by atoms with Crippen LogP contribution in [0.2, 0.25) is 0 Å². The van der Waals surface area contributed by atoms with E-state index >= 15 is 0 Å². The molecule has 156 valence electrons. The van der Waals surface area contributed by atoms with E-state index in [1.54, 1.807) is 0 Å². The average Bonchev–Trinajstić information content (AvgIpc) is 2.32. The highest BCUT2D eigenvalue weighted by atomic mass is 19.4. The fourth-order valence-electron chi connectivity index (χ4n) is 0.985. The molecule has 0 aliphatic rings. The van der Waals surface area contributed by atoms with Gasteiger partial charge in [-0.25, -0.2) is 18.7 Å². The maximum atomic E-state index is 12.8. The predicted molar refractivity (Wildman–Crippen MR) is 45.5 cm³/mol. The maximum Gasteiger partial charge on any atom is 0.527 e. The molecule has 0 aromatic heterocycles. The third-order valence-corrected chi connectivity index (χ3v) is 2.14. The minimum Gasteiger partial charge on any atom is -0.477 e. The third kappa shape index (κ3) is 4.77. The summed E-state index contributed by atoms with van der Waals surface area (Å²) >= 11 is 0. The molecule has 0 aromatic carbocycles. The van der Waals surface area contributed by atoms with Crippen molar-refractivity contribution in [1.82, 2.24) is 0 Å². The fraction of sp³-hybridized carbons (Fsp3) is 0.875. The highest BCUT2D eigenvalue weighted by Crippen LogP contribution is 2.51. The van der Waals surface area contributed by atoms with Gasteiger partial charge in [0.05, 0.1) is 0 Å². The molecular formula is C8H2F14O4. The Morgan fingerprint density at radius 1 is 0.731 bits per heavy atom. The zero-order valence-electron chi connectivity index (χ0n) is 11.0. The standard InChI is InChI=1S/C8H2F14O4/c9-1(3(10,11)2(23)24)4(12,13)25-6(16,17)5(14,15)7(18,19)26-8(20,21)22/h1H,(H,23,24). The van der Waals surface area contributed by atoms with E-state index in [1.807, 2.05) is 0 Å². The highest BCUT2D eigenvalue weighted by Gasteiger charge is 2.79. The Morgan fingerprint density at radius 3 is 1.38 bits per heavy atom. The molecule has 1 N–H and O–H groups in total. The number of aliphatic carboxylic acids is 1. The monoisotopic (exact) mass is 428 g/mol. The smallest absolute Gasteiger partial charge is 0.477 e. The summed E-state index contributed by atoms with van der Waals surface area (Å²) in [5.74, 6) is -17.6. The second-order valence-corrected chi connectivity index (χ2v) is 4.11. The van der Waals surface area contributed by atoms with E-state index in [4.69, 9.17) is 5.11 Å². The van der Waals surface area contributed by atoms with E-state index in [1.165, 1.54) is 9.47 Å². The van der Waals surface area contributed by atoms with Crippen molar-refractivity contribution in [3.63, 3.8) is 0 Å². The number of carboxylic acid groups (broad SMARTS) is 1. The molecule has 0 heterocycles. The minimum absolute atomic E-state index is 1.33. The molecule has 0 saturated heterocycles. The van der Waals surface area contributed by atoms with Gasteiger partial charge in [0.2, 0.25) is 0 Å². The maximum absolute atomic E-state index is 12.8. The Balaban J connectivity index is 5.78. The van der Waals surface area contributed by atoms with Crippen LogP contribution in [0.4, 0.5) is 61.5 Å². The van der Waals surface area contributed by atoms with E-state index in [9.17, 15) is 66.3 Å². The summed E-state index contributed by atoms with van der Waals surface area (Å²) in [6.45, 7) is 0. The molecule has 1 atom stereocenters. The lowest BCUT2D eigenvalue weighted by molar-refractivity contribution is -0.528. The number of hydrogen-bond donors (Lipinski definition) is 1. The van der Waals surface area contributed by atoms with Crippen molar-refractivity contribution in [2.75, 3.05) is 0 Å². The van der Waals surface area contributed by atoms with Crippen LogP contribution in [-0.4, -0.2) is 53.8 Å². The van der Waals surface area contributed by atoms with Crippen molar-refractivity contribution in [3.8, 4) is 0 Å². The van der Waals surface area contributed by atoms with Gasteiger partial charge in [0, 0.05) is 0 Å².